The van der Waals surface area contributed by atoms with Gasteiger partial charge in [-0.3, -0.25) is 15.0 Å². The number of carbonyl (C=O) groups is 2. The number of rotatable bonds is 7. The Morgan fingerprint density at radius 1 is 1.03 bits per heavy atom. The number of anilines is 2. The van der Waals surface area contributed by atoms with E-state index in [1.807, 2.05) is 66.0 Å². The van der Waals surface area contributed by atoms with E-state index >= 15 is 0 Å². The number of hydrogen-bond acceptors (Lipinski definition) is 9. The van der Waals surface area contributed by atoms with E-state index in [2.05, 4.69) is 25.6 Å². The van der Waals surface area contributed by atoms with Crippen molar-refractivity contribution in [2.45, 2.75) is 26.2 Å². The Balaban J connectivity index is 1.48. The predicted octanol–water partition coefficient (Wildman–Crippen LogP) is 5.16. The van der Waals surface area contributed by atoms with Crippen molar-refractivity contribution in [3.05, 3.63) is 82.2 Å². The average Bonchev–Trinajstić information content (AvgIpc) is 3.61. The summed E-state index contributed by atoms with van der Waals surface area (Å²) in [6.45, 7) is 5.00. The minimum Gasteiger partial charge on any atom is -0.481 e. The van der Waals surface area contributed by atoms with E-state index in [-0.39, 0.29) is 5.71 Å². The second kappa shape index (κ2) is 9.68. The maximum atomic E-state index is 13.5. The van der Waals surface area contributed by atoms with Gasteiger partial charge in [0.1, 0.15) is 5.71 Å². The van der Waals surface area contributed by atoms with Gasteiger partial charge in [0, 0.05) is 21.4 Å². The molecule has 0 spiro atoms. The minimum absolute atomic E-state index is 0.106. The smallest absolute Gasteiger partial charge is 0.314 e. The van der Waals surface area contributed by atoms with Gasteiger partial charge in [0.05, 0.1) is 16.8 Å². The topological polar surface area (TPSA) is 120 Å². The Kier molecular flexibility index (Phi) is 6.40. The van der Waals surface area contributed by atoms with Gasteiger partial charge < -0.3 is 5.11 Å². The average molecular weight is 531 g/mol. The van der Waals surface area contributed by atoms with Gasteiger partial charge in [0.25, 0.3) is 0 Å². The number of nitrogens with zero attached hydrogens (tertiary/aromatic N) is 5. The molecule has 0 atom stereocenters. The van der Waals surface area contributed by atoms with Crippen molar-refractivity contribution < 1.29 is 14.7 Å². The molecule has 0 saturated carbocycles. The number of aromatic nitrogens is 2. The van der Waals surface area contributed by atoms with Crippen LogP contribution < -0.4 is 10.4 Å². The van der Waals surface area contributed by atoms with Crippen LogP contribution in [0.15, 0.2) is 76.2 Å². The fourth-order valence-corrected chi connectivity index (χ4v) is 5.53. The summed E-state index contributed by atoms with van der Waals surface area (Å²) in [6, 6.07) is 19.0. The van der Waals surface area contributed by atoms with Gasteiger partial charge in [-0.1, -0.05) is 72.0 Å². The molecule has 0 fully saturated rings. The highest BCUT2D eigenvalue weighted by Gasteiger charge is 2.37. The van der Waals surface area contributed by atoms with Crippen LogP contribution in [0.1, 0.15) is 30.0 Å². The number of carboxylic acids is 1. The number of benzene rings is 2. The first kappa shape index (κ1) is 24.5. The van der Waals surface area contributed by atoms with Crippen molar-refractivity contribution >= 4 is 56.2 Å². The first-order chi connectivity index (χ1) is 17.8. The fraction of sp³-hybridized carbons (Fsp3) is 0.154. The monoisotopic (exact) mass is 530 g/mol. The van der Waals surface area contributed by atoms with Crippen LogP contribution in [0.3, 0.4) is 0 Å². The molecule has 186 valence electrons. The van der Waals surface area contributed by atoms with Crippen molar-refractivity contribution in [3.8, 4) is 11.3 Å². The van der Waals surface area contributed by atoms with E-state index in [4.69, 9.17) is 0 Å². The molecule has 2 aromatic carbocycles. The molecule has 37 heavy (non-hydrogen) atoms. The van der Waals surface area contributed by atoms with E-state index in [0.29, 0.717) is 26.5 Å². The molecular weight excluding hydrogens is 508 g/mol. The molecule has 11 heteroatoms. The third kappa shape index (κ3) is 4.66. The lowest BCUT2D eigenvalue weighted by molar-refractivity contribution is -0.142. The van der Waals surface area contributed by atoms with E-state index in [0.717, 1.165) is 16.8 Å². The molecule has 0 saturated heterocycles. The lowest BCUT2D eigenvalue weighted by Crippen LogP contribution is -2.28. The minimum atomic E-state index is -1.10. The van der Waals surface area contributed by atoms with Crippen LogP contribution in [0.5, 0.6) is 0 Å². The molecule has 5 rings (SSSR count). The molecule has 0 radical (unpaired) electrons. The number of aryl methyl sites for hydroxylation is 1. The maximum Gasteiger partial charge on any atom is 0.314 e. The molecule has 2 N–H and O–H groups in total. The highest BCUT2D eigenvalue weighted by Crippen LogP contribution is 2.35. The molecule has 1 aliphatic rings. The molecule has 0 bridgehead atoms. The SMILES string of the molecule is Cc1nc(N/N=C2\C(=O)N(c3nc(-c4ccccc4)cs3)N=C2c2ccccc2)sc1C(C)(C)C(=O)O. The molecule has 1 aliphatic heterocycles. The lowest BCUT2D eigenvalue weighted by Gasteiger charge is -2.17. The van der Waals surface area contributed by atoms with Gasteiger partial charge in [-0.25, -0.2) is 9.97 Å². The van der Waals surface area contributed by atoms with Crippen molar-refractivity contribution in [1.82, 2.24) is 9.97 Å². The van der Waals surface area contributed by atoms with Gasteiger partial charge in [-0.15, -0.1) is 11.3 Å². The second-order valence-electron chi connectivity index (χ2n) is 8.75. The molecule has 0 aliphatic carbocycles. The Labute approximate surface area is 220 Å². The number of aliphatic carboxylic acids is 1. The third-order valence-electron chi connectivity index (χ3n) is 5.77. The number of nitrogens with one attached hydrogen (secondary N) is 1. The first-order valence-corrected chi connectivity index (χ1v) is 13.0. The van der Waals surface area contributed by atoms with Gasteiger partial charge in [0.2, 0.25) is 10.3 Å². The highest BCUT2D eigenvalue weighted by atomic mass is 32.1. The second-order valence-corrected chi connectivity index (χ2v) is 10.6. The summed E-state index contributed by atoms with van der Waals surface area (Å²) in [5.74, 6) is -1.38. The molecule has 2 aromatic heterocycles. The normalized spacial score (nSPS) is 14.8. The summed E-state index contributed by atoms with van der Waals surface area (Å²) in [4.78, 5) is 34.9. The molecule has 1 amide bonds. The summed E-state index contributed by atoms with van der Waals surface area (Å²) < 4.78 is 0. The van der Waals surface area contributed by atoms with Crippen molar-refractivity contribution in [2.24, 2.45) is 10.2 Å². The Bertz CT molecular complexity index is 1540. The number of hydrogen-bond donors (Lipinski definition) is 2. The number of amides is 1. The van der Waals surface area contributed by atoms with Crippen molar-refractivity contribution in [1.29, 1.82) is 0 Å². The number of carboxylic acid groups (broad SMARTS) is 1. The van der Waals surface area contributed by atoms with Crippen LogP contribution in [0, 0.1) is 6.92 Å². The van der Waals surface area contributed by atoms with E-state index in [1.54, 1.807) is 20.8 Å². The zero-order valence-corrected chi connectivity index (χ0v) is 21.8. The zero-order valence-electron chi connectivity index (χ0n) is 20.2. The summed E-state index contributed by atoms with van der Waals surface area (Å²) in [5.41, 5.74) is 5.26. The largest absolute Gasteiger partial charge is 0.481 e. The number of hydrazone groups is 2. The fourth-order valence-electron chi connectivity index (χ4n) is 3.74. The Hall–Kier alpha value is -4.22. The molecule has 0 unspecified atom stereocenters. The van der Waals surface area contributed by atoms with E-state index < -0.39 is 17.3 Å². The number of carbonyl (C=O) groups excluding carboxylic acids is 1. The quantitative estimate of drug-likeness (QED) is 0.319. The van der Waals surface area contributed by atoms with Crippen LogP contribution in [-0.4, -0.2) is 38.4 Å². The van der Waals surface area contributed by atoms with E-state index in [9.17, 15) is 14.7 Å². The zero-order chi connectivity index (χ0) is 26.2. The van der Waals surface area contributed by atoms with Crippen molar-refractivity contribution in [3.63, 3.8) is 0 Å². The van der Waals surface area contributed by atoms with Crippen LogP contribution in [-0.2, 0) is 15.0 Å². The molecular formula is C26H22N6O3S2. The number of thiazole rings is 2. The van der Waals surface area contributed by atoms with Crippen LogP contribution in [0.4, 0.5) is 10.3 Å². The third-order valence-corrected chi connectivity index (χ3v) is 7.97. The van der Waals surface area contributed by atoms with Gasteiger partial charge in [-0.05, 0) is 20.8 Å². The lowest BCUT2D eigenvalue weighted by atomic mass is 9.91. The summed E-state index contributed by atoms with van der Waals surface area (Å²) in [6.07, 6.45) is 0. The standard InChI is InChI=1S/C26H22N6O3S2/c1-15-21(26(2,3)23(34)35)37-24(27-15)30-29-20-19(17-12-8-5-9-13-17)31-32(22(20)33)25-28-18(14-36-25)16-10-6-4-7-11-16/h4-14H,1-3H3,(H,27,30)(H,34,35)/b29-20-. The van der Waals surface area contributed by atoms with Crippen LogP contribution in [0.2, 0.25) is 0 Å². The molecule has 9 nitrogen and oxygen atoms in total. The van der Waals surface area contributed by atoms with Gasteiger partial charge in [0.15, 0.2) is 5.71 Å². The summed E-state index contributed by atoms with van der Waals surface area (Å²) in [5, 5.41) is 22.5. The first-order valence-electron chi connectivity index (χ1n) is 11.3. The van der Waals surface area contributed by atoms with Gasteiger partial charge >= 0.3 is 11.9 Å². The summed E-state index contributed by atoms with van der Waals surface area (Å²) in [7, 11) is 0. The van der Waals surface area contributed by atoms with Crippen molar-refractivity contribution in [2.75, 3.05) is 10.4 Å². The van der Waals surface area contributed by atoms with Gasteiger partial charge in [-0.2, -0.15) is 15.2 Å². The predicted molar refractivity (Wildman–Crippen MR) is 147 cm³/mol. The van der Waals surface area contributed by atoms with Crippen LogP contribution >= 0.6 is 22.7 Å². The van der Waals surface area contributed by atoms with Crippen LogP contribution in [0.25, 0.3) is 11.3 Å². The maximum absolute atomic E-state index is 13.5. The Morgan fingerprint density at radius 2 is 1.68 bits per heavy atom. The summed E-state index contributed by atoms with van der Waals surface area (Å²) >= 11 is 2.50. The molecule has 4 aromatic rings. The van der Waals surface area contributed by atoms with E-state index in [1.165, 1.54) is 27.7 Å². The highest BCUT2D eigenvalue weighted by molar-refractivity contribution is 7.16. The Morgan fingerprint density at radius 3 is 2.32 bits per heavy atom. The molecule has 3 heterocycles.